The van der Waals surface area contributed by atoms with Crippen LogP contribution in [0.5, 0.6) is 5.75 Å². The highest BCUT2D eigenvalue weighted by Crippen LogP contribution is 2.26. The normalized spacial score (nSPS) is 10.4. The molecule has 0 heterocycles. The zero-order chi connectivity index (χ0) is 24.3. The second kappa shape index (κ2) is 12.9. The zero-order valence-electron chi connectivity index (χ0n) is 18.9. The number of methoxy groups -OCH3 is 1. The largest absolute Gasteiger partial charge is 0.497 e. The first-order valence-corrected chi connectivity index (χ1v) is 11.7. The third-order valence-corrected chi connectivity index (χ3v) is 5.90. The van der Waals surface area contributed by atoms with Crippen molar-refractivity contribution in [1.29, 1.82) is 0 Å². The summed E-state index contributed by atoms with van der Waals surface area (Å²) in [5, 5.41) is 6.55. The summed E-state index contributed by atoms with van der Waals surface area (Å²) < 4.78 is 5.22. The van der Waals surface area contributed by atoms with Crippen molar-refractivity contribution in [1.82, 2.24) is 5.32 Å². The van der Waals surface area contributed by atoms with E-state index in [4.69, 9.17) is 27.9 Å². The first-order chi connectivity index (χ1) is 16.5. The number of rotatable bonds is 10. The molecule has 0 spiro atoms. The fourth-order valence-electron chi connectivity index (χ4n) is 3.33. The van der Waals surface area contributed by atoms with Crippen LogP contribution in [0.3, 0.4) is 0 Å². The molecule has 6 nitrogen and oxygen atoms in total. The lowest BCUT2D eigenvalue weighted by molar-refractivity contribution is -0.121. The Hall–Kier alpha value is -3.22. The number of hydrogen-bond acceptors (Lipinski definition) is 3. The molecule has 0 aromatic heterocycles. The Morgan fingerprint density at radius 2 is 1.68 bits per heavy atom. The third kappa shape index (κ3) is 7.68. The molecule has 0 saturated heterocycles. The van der Waals surface area contributed by atoms with Crippen LogP contribution in [-0.2, 0) is 11.2 Å². The molecule has 2 N–H and O–H groups in total. The third-order valence-electron chi connectivity index (χ3n) is 5.16. The summed E-state index contributed by atoms with van der Waals surface area (Å²) in [6.07, 6.45) is 1.69. The molecule has 8 heteroatoms. The Morgan fingerprint density at radius 1 is 0.941 bits per heavy atom. The van der Waals surface area contributed by atoms with Gasteiger partial charge in [-0.1, -0.05) is 53.5 Å². The molecule has 178 valence electrons. The molecular weight excluding hydrogens is 473 g/mol. The lowest BCUT2D eigenvalue weighted by Gasteiger charge is -2.24. The van der Waals surface area contributed by atoms with E-state index in [9.17, 15) is 9.59 Å². The molecular formula is C26H27Cl2N3O3. The van der Waals surface area contributed by atoms with Gasteiger partial charge in [0.1, 0.15) is 5.75 Å². The standard InChI is InChI=1S/C26H27Cl2N3O3/c1-34-22-12-10-21(11-13-22)31(26(33)30-20-9-14-23(27)24(28)18-20)17-5-16-29-25(32)15-8-19-6-3-2-4-7-19/h2-4,6-7,9-14,18H,5,8,15-17H2,1H3,(H,29,32)(H,30,33). The molecule has 34 heavy (non-hydrogen) atoms. The van der Waals surface area contributed by atoms with E-state index in [1.54, 1.807) is 42.3 Å². The Balaban J connectivity index is 1.57. The molecule has 0 aliphatic heterocycles. The highest BCUT2D eigenvalue weighted by atomic mass is 35.5. The zero-order valence-corrected chi connectivity index (χ0v) is 20.4. The minimum absolute atomic E-state index is 0.0138. The number of aryl methyl sites for hydroxylation is 1. The van der Waals surface area contributed by atoms with Crippen LogP contribution in [0.4, 0.5) is 16.2 Å². The van der Waals surface area contributed by atoms with E-state index in [1.165, 1.54) is 0 Å². The molecule has 0 aliphatic carbocycles. The van der Waals surface area contributed by atoms with Crippen LogP contribution in [0.2, 0.25) is 10.0 Å². The number of anilines is 2. The molecule has 3 aromatic rings. The molecule has 3 aromatic carbocycles. The van der Waals surface area contributed by atoms with Crippen LogP contribution in [0.1, 0.15) is 18.4 Å². The van der Waals surface area contributed by atoms with Gasteiger partial charge < -0.3 is 15.4 Å². The average molecular weight is 500 g/mol. The van der Waals surface area contributed by atoms with Gasteiger partial charge in [0.15, 0.2) is 0 Å². The number of nitrogens with zero attached hydrogens (tertiary/aromatic N) is 1. The molecule has 0 unspecified atom stereocenters. The second-order valence-electron chi connectivity index (χ2n) is 7.60. The summed E-state index contributed by atoms with van der Waals surface area (Å²) in [6.45, 7) is 0.860. The van der Waals surface area contributed by atoms with E-state index < -0.39 is 0 Å². The lowest BCUT2D eigenvalue weighted by Crippen LogP contribution is -2.37. The van der Waals surface area contributed by atoms with Gasteiger partial charge in [-0.3, -0.25) is 9.69 Å². The maximum atomic E-state index is 13.1. The van der Waals surface area contributed by atoms with Crippen LogP contribution in [-0.4, -0.2) is 32.1 Å². The van der Waals surface area contributed by atoms with Gasteiger partial charge in [0.25, 0.3) is 0 Å². The van der Waals surface area contributed by atoms with Crippen molar-refractivity contribution >= 4 is 46.5 Å². The van der Waals surface area contributed by atoms with Gasteiger partial charge >= 0.3 is 6.03 Å². The molecule has 0 bridgehead atoms. The quantitative estimate of drug-likeness (QED) is 0.327. The van der Waals surface area contributed by atoms with Crippen LogP contribution >= 0.6 is 23.2 Å². The van der Waals surface area contributed by atoms with Crippen LogP contribution < -0.4 is 20.3 Å². The van der Waals surface area contributed by atoms with E-state index in [0.717, 1.165) is 5.56 Å². The van der Waals surface area contributed by atoms with Gasteiger partial charge in [0, 0.05) is 30.9 Å². The Kier molecular flexibility index (Phi) is 9.62. The molecule has 0 aliphatic rings. The predicted molar refractivity (Wildman–Crippen MR) is 138 cm³/mol. The van der Waals surface area contributed by atoms with Crippen LogP contribution in [0, 0.1) is 0 Å². The summed E-state index contributed by atoms with van der Waals surface area (Å²) in [5.74, 6) is 0.680. The summed E-state index contributed by atoms with van der Waals surface area (Å²) >= 11 is 12.0. The molecule has 0 saturated carbocycles. The summed E-state index contributed by atoms with van der Waals surface area (Å²) in [7, 11) is 1.59. The van der Waals surface area contributed by atoms with E-state index in [1.807, 2.05) is 42.5 Å². The van der Waals surface area contributed by atoms with E-state index in [0.29, 0.717) is 59.5 Å². The minimum Gasteiger partial charge on any atom is -0.497 e. The van der Waals surface area contributed by atoms with Gasteiger partial charge in [0.2, 0.25) is 5.91 Å². The van der Waals surface area contributed by atoms with Gasteiger partial charge in [-0.25, -0.2) is 4.79 Å². The van der Waals surface area contributed by atoms with Crippen molar-refractivity contribution in [3.05, 3.63) is 88.4 Å². The fourth-order valence-corrected chi connectivity index (χ4v) is 3.63. The average Bonchev–Trinajstić information content (AvgIpc) is 2.85. The van der Waals surface area contributed by atoms with Crippen molar-refractivity contribution in [3.63, 3.8) is 0 Å². The number of halogens is 2. The van der Waals surface area contributed by atoms with Crippen LogP contribution in [0.25, 0.3) is 0 Å². The monoisotopic (exact) mass is 499 g/mol. The number of hydrogen-bond donors (Lipinski definition) is 2. The van der Waals surface area contributed by atoms with Crippen molar-refractivity contribution < 1.29 is 14.3 Å². The Morgan fingerprint density at radius 3 is 2.35 bits per heavy atom. The molecule has 3 rings (SSSR count). The number of benzene rings is 3. The van der Waals surface area contributed by atoms with Gasteiger partial charge in [-0.05, 0) is 60.9 Å². The number of carbonyl (C=O) groups excluding carboxylic acids is 2. The lowest BCUT2D eigenvalue weighted by atomic mass is 10.1. The highest BCUT2D eigenvalue weighted by Gasteiger charge is 2.17. The highest BCUT2D eigenvalue weighted by molar-refractivity contribution is 6.42. The van der Waals surface area contributed by atoms with Gasteiger partial charge in [0.05, 0.1) is 17.2 Å². The van der Waals surface area contributed by atoms with Crippen LogP contribution in [0.15, 0.2) is 72.8 Å². The number of carbonyl (C=O) groups is 2. The van der Waals surface area contributed by atoms with Gasteiger partial charge in [-0.2, -0.15) is 0 Å². The van der Waals surface area contributed by atoms with Crippen molar-refractivity contribution in [2.24, 2.45) is 0 Å². The van der Waals surface area contributed by atoms with E-state index >= 15 is 0 Å². The Labute approximate surface area is 209 Å². The maximum absolute atomic E-state index is 13.1. The summed E-state index contributed by atoms with van der Waals surface area (Å²) in [5.41, 5.74) is 2.36. The topological polar surface area (TPSA) is 70.7 Å². The summed E-state index contributed by atoms with van der Waals surface area (Å²) in [4.78, 5) is 26.9. The van der Waals surface area contributed by atoms with Crippen molar-refractivity contribution in [3.8, 4) is 5.75 Å². The number of nitrogens with one attached hydrogen (secondary N) is 2. The predicted octanol–water partition coefficient (Wildman–Crippen LogP) is 6.18. The smallest absolute Gasteiger partial charge is 0.326 e. The maximum Gasteiger partial charge on any atom is 0.326 e. The first-order valence-electron chi connectivity index (χ1n) is 10.9. The number of urea groups is 1. The van der Waals surface area contributed by atoms with Crippen molar-refractivity contribution in [2.45, 2.75) is 19.3 Å². The molecule has 0 fully saturated rings. The van der Waals surface area contributed by atoms with E-state index in [-0.39, 0.29) is 11.9 Å². The van der Waals surface area contributed by atoms with Gasteiger partial charge in [-0.15, -0.1) is 0 Å². The summed E-state index contributed by atoms with van der Waals surface area (Å²) in [6, 6.07) is 21.7. The van der Waals surface area contributed by atoms with Crippen molar-refractivity contribution in [2.75, 3.05) is 30.4 Å². The number of ether oxygens (including phenoxy) is 1. The Bertz CT molecular complexity index is 1090. The number of amides is 3. The molecule has 0 radical (unpaired) electrons. The SMILES string of the molecule is COc1ccc(N(CCCNC(=O)CCc2ccccc2)C(=O)Nc2ccc(Cl)c(Cl)c2)cc1. The molecule has 0 atom stereocenters. The fraction of sp³-hybridized carbons (Fsp3) is 0.231. The minimum atomic E-state index is -0.320. The van der Waals surface area contributed by atoms with E-state index in [2.05, 4.69) is 10.6 Å². The molecule has 3 amide bonds. The second-order valence-corrected chi connectivity index (χ2v) is 8.41. The first kappa shape index (κ1) is 25.4.